The Hall–Kier alpha value is -3.40. The number of nitriles is 1. The van der Waals surface area contributed by atoms with E-state index in [-0.39, 0.29) is 22.9 Å². The van der Waals surface area contributed by atoms with Crippen LogP contribution in [0.3, 0.4) is 0 Å². The van der Waals surface area contributed by atoms with E-state index in [2.05, 4.69) is 4.98 Å². The van der Waals surface area contributed by atoms with E-state index in [4.69, 9.17) is 16.0 Å². The summed E-state index contributed by atoms with van der Waals surface area (Å²) >= 11 is 7.39. The smallest absolute Gasteiger partial charge is 0.179 e. The number of halogens is 2. The summed E-state index contributed by atoms with van der Waals surface area (Å²) in [7, 11) is 0. The molecule has 1 N–H and O–H groups in total. The Morgan fingerprint density at radius 2 is 1.86 bits per heavy atom. The minimum Gasteiger partial charge on any atom is -0.503 e. The number of aliphatic hydroxyl groups excluding tert-OH is 1. The lowest BCUT2D eigenvalue weighted by Gasteiger charge is -2.01. The Balaban J connectivity index is 1.70. The molecular weight excluding hydrogens is 411 g/mol. The highest BCUT2D eigenvalue weighted by Crippen LogP contribution is 2.34. The van der Waals surface area contributed by atoms with E-state index in [0.29, 0.717) is 32.6 Å². The van der Waals surface area contributed by atoms with E-state index in [1.807, 2.05) is 18.2 Å². The molecule has 142 valence electrons. The second-order valence-corrected chi connectivity index (χ2v) is 7.29. The summed E-state index contributed by atoms with van der Waals surface area (Å²) in [5.41, 5.74) is 1.97. The van der Waals surface area contributed by atoms with Gasteiger partial charge in [-0.15, -0.1) is 11.3 Å². The first kappa shape index (κ1) is 18.9. The molecule has 2 heterocycles. The van der Waals surface area contributed by atoms with Crippen LogP contribution in [-0.4, -0.2) is 10.1 Å². The average molecular weight is 423 g/mol. The van der Waals surface area contributed by atoms with Crippen LogP contribution in [0.15, 0.2) is 70.5 Å². The van der Waals surface area contributed by atoms with Crippen molar-refractivity contribution in [3.8, 4) is 28.7 Å². The van der Waals surface area contributed by atoms with Crippen molar-refractivity contribution in [2.75, 3.05) is 0 Å². The molecule has 0 atom stereocenters. The summed E-state index contributed by atoms with van der Waals surface area (Å²) in [6.07, 6.45) is 0. The molecular formula is C22H12ClFN2O2S. The molecule has 0 saturated carbocycles. The van der Waals surface area contributed by atoms with Gasteiger partial charge in [0.1, 0.15) is 28.2 Å². The molecule has 0 aliphatic rings. The molecule has 0 spiro atoms. The number of benzene rings is 2. The van der Waals surface area contributed by atoms with Crippen LogP contribution in [0.5, 0.6) is 0 Å². The molecule has 0 aliphatic carbocycles. The largest absolute Gasteiger partial charge is 0.503 e. The van der Waals surface area contributed by atoms with Crippen molar-refractivity contribution in [2.45, 2.75) is 0 Å². The van der Waals surface area contributed by atoms with Gasteiger partial charge in [0.25, 0.3) is 0 Å². The Morgan fingerprint density at radius 1 is 1.10 bits per heavy atom. The van der Waals surface area contributed by atoms with Gasteiger partial charge in [0.15, 0.2) is 11.5 Å². The number of hydrogen-bond acceptors (Lipinski definition) is 5. The second-order valence-electron chi connectivity index (χ2n) is 6.02. The third-order valence-corrected chi connectivity index (χ3v) is 5.37. The number of aliphatic hydroxyl groups is 1. The molecule has 0 radical (unpaired) electrons. The van der Waals surface area contributed by atoms with Gasteiger partial charge in [-0.05, 0) is 48.5 Å². The first-order valence-corrected chi connectivity index (χ1v) is 9.73. The molecule has 4 nitrogen and oxygen atoms in total. The van der Waals surface area contributed by atoms with Crippen molar-refractivity contribution in [3.05, 3.63) is 87.7 Å². The summed E-state index contributed by atoms with van der Waals surface area (Å²) < 4.78 is 18.8. The molecule has 0 amide bonds. The molecule has 4 rings (SSSR count). The number of allylic oxidation sites excluding steroid dienone is 1. The zero-order valence-electron chi connectivity index (χ0n) is 14.8. The van der Waals surface area contributed by atoms with Crippen molar-refractivity contribution in [3.63, 3.8) is 0 Å². The summed E-state index contributed by atoms with van der Waals surface area (Å²) in [5, 5.41) is 22.8. The van der Waals surface area contributed by atoms with Gasteiger partial charge in [0.05, 0.1) is 10.7 Å². The van der Waals surface area contributed by atoms with Crippen LogP contribution in [0.2, 0.25) is 5.02 Å². The summed E-state index contributed by atoms with van der Waals surface area (Å²) in [6.45, 7) is 0. The van der Waals surface area contributed by atoms with Crippen LogP contribution in [0, 0.1) is 17.1 Å². The highest BCUT2D eigenvalue weighted by atomic mass is 35.5. The summed E-state index contributed by atoms with van der Waals surface area (Å²) in [5.74, 6) is -0.0482. The quantitative estimate of drug-likeness (QED) is 0.289. The first-order valence-electron chi connectivity index (χ1n) is 8.47. The fourth-order valence-corrected chi connectivity index (χ4v) is 3.79. The lowest BCUT2D eigenvalue weighted by Crippen LogP contribution is -1.89. The number of nitrogens with zero attached hydrogens (tertiary/aromatic N) is 2. The molecule has 0 unspecified atom stereocenters. The standard InChI is InChI=1S/C22H12ClFN2O2S/c23-17-4-2-1-3-15(17)19-9-10-20(28-19)21(27)16(11-25)22-26-18(12-29-22)13-5-7-14(24)8-6-13/h1-10,12,27H/b21-16-. The lowest BCUT2D eigenvalue weighted by molar-refractivity contribution is 0.466. The van der Waals surface area contributed by atoms with E-state index in [1.165, 1.54) is 23.5 Å². The van der Waals surface area contributed by atoms with E-state index < -0.39 is 0 Å². The third-order valence-electron chi connectivity index (χ3n) is 4.19. The van der Waals surface area contributed by atoms with Crippen LogP contribution in [0.25, 0.3) is 33.9 Å². The number of thiazole rings is 1. The van der Waals surface area contributed by atoms with Gasteiger partial charge < -0.3 is 9.52 Å². The minimum absolute atomic E-state index is 0.0107. The minimum atomic E-state index is -0.341. The van der Waals surface area contributed by atoms with Crippen molar-refractivity contribution in [1.29, 1.82) is 5.26 Å². The van der Waals surface area contributed by atoms with E-state index in [1.54, 1.807) is 41.8 Å². The van der Waals surface area contributed by atoms with Gasteiger partial charge in [-0.3, -0.25) is 0 Å². The van der Waals surface area contributed by atoms with Crippen molar-refractivity contribution >= 4 is 34.3 Å². The highest BCUT2D eigenvalue weighted by Gasteiger charge is 2.18. The van der Waals surface area contributed by atoms with Crippen molar-refractivity contribution in [2.24, 2.45) is 0 Å². The lowest BCUT2D eigenvalue weighted by atomic mass is 10.1. The van der Waals surface area contributed by atoms with Crippen LogP contribution < -0.4 is 0 Å². The van der Waals surface area contributed by atoms with E-state index in [0.717, 1.165) is 0 Å². The molecule has 2 aromatic heterocycles. The second kappa shape index (κ2) is 7.92. The first-order chi connectivity index (χ1) is 14.1. The predicted molar refractivity (Wildman–Crippen MR) is 112 cm³/mol. The van der Waals surface area contributed by atoms with Crippen LogP contribution in [0.4, 0.5) is 4.39 Å². The summed E-state index contributed by atoms with van der Waals surface area (Å²) in [6, 6.07) is 18.3. The topological polar surface area (TPSA) is 70.0 Å². The average Bonchev–Trinajstić information content (AvgIpc) is 3.40. The van der Waals surface area contributed by atoms with Crippen LogP contribution in [0.1, 0.15) is 10.8 Å². The van der Waals surface area contributed by atoms with E-state index >= 15 is 0 Å². The molecule has 29 heavy (non-hydrogen) atoms. The van der Waals surface area contributed by atoms with Crippen LogP contribution in [-0.2, 0) is 0 Å². The molecule has 4 aromatic rings. The zero-order chi connectivity index (χ0) is 20.4. The van der Waals surface area contributed by atoms with E-state index in [9.17, 15) is 14.8 Å². The monoisotopic (exact) mass is 422 g/mol. The maximum absolute atomic E-state index is 13.1. The van der Waals surface area contributed by atoms with Gasteiger partial charge in [-0.1, -0.05) is 23.7 Å². The van der Waals surface area contributed by atoms with Gasteiger partial charge >= 0.3 is 0 Å². The van der Waals surface area contributed by atoms with Gasteiger partial charge in [-0.25, -0.2) is 9.37 Å². The number of hydrogen-bond donors (Lipinski definition) is 1. The Bertz CT molecular complexity index is 1250. The maximum Gasteiger partial charge on any atom is 0.179 e. The van der Waals surface area contributed by atoms with Gasteiger partial charge in [0.2, 0.25) is 0 Å². The molecule has 0 fully saturated rings. The summed E-state index contributed by atoms with van der Waals surface area (Å²) in [4.78, 5) is 4.40. The molecule has 7 heteroatoms. The number of aromatic nitrogens is 1. The molecule has 0 saturated heterocycles. The van der Waals surface area contributed by atoms with Gasteiger partial charge in [0, 0.05) is 16.5 Å². The molecule has 0 aliphatic heterocycles. The Labute approximate surface area is 174 Å². The Kier molecular flexibility index (Phi) is 5.17. The Morgan fingerprint density at radius 3 is 2.59 bits per heavy atom. The fraction of sp³-hybridized carbons (Fsp3) is 0. The van der Waals surface area contributed by atoms with Crippen LogP contribution >= 0.6 is 22.9 Å². The zero-order valence-corrected chi connectivity index (χ0v) is 16.3. The third kappa shape index (κ3) is 3.79. The molecule has 2 aromatic carbocycles. The fourth-order valence-electron chi connectivity index (χ4n) is 2.74. The van der Waals surface area contributed by atoms with Crippen molar-refractivity contribution < 1.29 is 13.9 Å². The number of furan rings is 1. The molecule has 0 bridgehead atoms. The number of rotatable bonds is 4. The SMILES string of the molecule is N#C/C(=C(/O)c1ccc(-c2ccccc2Cl)o1)c1nc(-c2ccc(F)cc2)cs1. The highest BCUT2D eigenvalue weighted by molar-refractivity contribution is 7.11. The maximum atomic E-state index is 13.1. The van der Waals surface area contributed by atoms with Gasteiger partial charge in [-0.2, -0.15) is 5.26 Å². The predicted octanol–water partition coefficient (Wildman–Crippen LogP) is 6.81. The van der Waals surface area contributed by atoms with Crippen molar-refractivity contribution in [1.82, 2.24) is 4.98 Å². The normalized spacial score (nSPS) is 11.8.